The molecule has 0 unspecified atom stereocenters. The first-order valence-corrected chi connectivity index (χ1v) is 5.08. The molecule has 0 aliphatic carbocycles. The Morgan fingerprint density at radius 1 is 1.00 bits per heavy atom. The SMILES string of the molecule is [N-]=[N+]=Nc1ccc(-c2cccc(Cl)c2)cc1. The highest BCUT2D eigenvalue weighted by Gasteiger charge is 1.97. The van der Waals surface area contributed by atoms with Crippen LogP contribution in [0.1, 0.15) is 0 Å². The average molecular weight is 230 g/mol. The number of rotatable bonds is 2. The lowest BCUT2D eigenvalue weighted by molar-refractivity contribution is 1.47. The van der Waals surface area contributed by atoms with Crippen molar-refractivity contribution < 1.29 is 0 Å². The second kappa shape index (κ2) is 4.71. The van der Waals surface area contributed by atoms with Gasteiger partial charge in [-0.15, -0.1) is 0 Å². The summed E-state index contributed by atoms with van der Waals surface area (Å²) in [5.41, 5.74) is 11.0. The minimum Gasteiger partial charge on any atom is -0.0843 e. The predicted octanol–water partition coefficient (Wildman–Crippen LogP) is 4.95. The molecule has 0 N–H and O–H groups in total. The summed E-state index contributed by atoms with van der Waals surface area (Å²) < 4.78 is 0. The maximum Gasteiger partial charge on any atom is 0.0412 e. The van der Waals surface area contributed by atoms with Crippen LogP contribution in [0, 0.1) is 0 Å². The lowest BCUT2D eigenvalue weighted by Crippen LogP contribution is -1.76. The van der Waals surface area contributed by atoms with Crippen LogP contribution < -0.4 is 0 Å². The van der Waals surface area contributed by atoms with Gasteiger partial charge < -0.3 is 0 Å². The van der Waals surface area contributed by atoms with Crippen molar-refractivity contribution in [3.05, 3.63) is 64.0 Å². The van der Waals surface area contributed by atoms with Crippen molar-refractivity contribution >= 4 is 17.3 Å². The smallest absolute Gasteiger partial charge is 0.0412 e. The first-order chi connectivity index (χ1) is 7.79. The predicted molar refractivity (Wildman–Crippen MR) is 65.7 cm³/mol. The largest absolute Gasteiger partial charge is 0.0843 e. The van der Waals surface area contributed by atoms with Gasteiger partial charge in [-0.05, 0) is 28.8 Å². The first-order valence-electron chi connectivity index (χ1n) is 4.71. The molecule has 2 rings (SSSR count). The number of halogens is 1. The minimum atomic E-state index is 0.605. The Labute approximate surface area is 97.9 Å². The topological polar surface area (TPSA) is 48.8 Å². The summed E-state index contributed by atoms with van der Waals surface area (Å²) in [6, 6.07) is 15.0. The first kappa shape index (κ1) is 10.6. The van der Waals surface area contributed by atoms with Crippen molar-refractivity contribution in [2.75, 3.05) is 0 Å². The Morgan fingerprint density at radius 3 is 2.38 bits per heavy atom. The standard InChI is InChI=1S/C12H8ClN3/c13-11-3-1-2-10(8-11)9-4-6-12(7-5-9)15-16-14/h1-8H. The molecule has 0 bridgehead atoms. The zero-order valence-corrected chi connectivity index (χ0v) is 9.09. The number of benzene rings is 2. The molecule has 0 aliphatic heterocycles. The third kappa shape index (κ3) is 2.34. The minimum absolute atomic E-state index is 0.605. The summed E-state index contributed by atoms with van der Waals surface area (Å²) in [4.78, 5) is 2.73. The van der Waals surface area contributed by atoms with E-state index in [1.54, 1.807) is 12.1 Å². The molecule has 0 spiro atoms. The van der Waals surface area contributed by atoms with Crippen LogP contribution in [0.3, 0.4) is 0 Å². The number of hydrogen-bond donors (Lipinski definition) is 0. The molecule has 2 aromatic carbocycles. The summed E-state index contributed by atoms with van der Waals surface area (Å²) in [6.45, 7) is 0. The lowest BCUT2D eigenvalue weighted by Gasteiger charge is -2.02. The molecular formula is C12H8ClN3. The van der Waals surface area contributed by atoms with Crippen LogP contribution in [0.2, 0.25) is 5.02 Å². The highest BCUT2D eigenvalue weighted by atomic mass is 35.5. The van der Waals surface area contributed by atoms with Crippen LogP contribution in [-0.4, -0.2) is 0 Å². The Kier molecular flexibility index (Phi) is 3.10. The molecule has 4 heteroatoms. The third-order valence-corrected chi connectivity index (χ3v) is 2.42. The van der Waals surface area contributed by atoms with Gasteiger partial charge in [-0.1, -0.05) is 53.1 Å². The van der Waals surface area contributed by atoms with Gasteiger partial charge in [0.1, 0.15) is 0 Å². The van der Waals surface area contributed by atoms with E-state index in [1.165, 1.54) is 0 Å². The van der Waals surface area contributed by atoms with Crippen LogP contribution in [0.15, 0.2) is 53.6 Å². The monoisotopic (exact) mass is 229 g/mol. The third-order valence-electron chi connectivity index (χ3n) is 2.19. The van der Waals surface area contributed by atoms with Gasteiger partial charge >= 0.3 is 0 Å². The fourth-order valence-corrected chi connectivity index (χ4v) is 1.63. The second-order valence-electron chi connectivity index (χ2n) is 3.25. The number of hydrogen-bond acceptors (Lipinski definition) is 1. The Hall–Kier alpha value is -1.96. The van der Waals surface area contributed by atoms with Gasteiger partial charge in [0.15, 0.2) is 0 Å². The molecule has 78 valence electrons. The van der Waals surface area contributed by atoms with E-state index in [-0.39, 0.29) is 0 Å². The van der Waals surface area contributed by atoms with Gasteiger partial charge in [-0.2, -0.15) is 0 Å². The Morgan fingerprint density at radius 2 is 1.75 bits per heavy atom. The van der Waals surface area contributed by atoms with E-state index < -0.39 is 0 Å². The molecule has 2 aromatic rings. The van der Waals surface area contributed by atoms with E-state index in [9.17, 15) is 0 Å². The molecule has 0 saturated heterocycles. The van der Waals surface area contributed by atoms with Gasteiger partial charge in [0, 0.05) is 15.6 Å². The molecule has 3 nitrogen and oxygen atoms in total. The van der Waals surface area contributed by atoms with E-state index in [1.807, 2.05) is 36.4 Å². The van der Waals surface area contributed by atoms with Crippen molar-refractivity contribution in [2.45, 2.75) is 0 Å². The number of nitrogens with zero attached hydrogens (tertiary/aromatic N) is 3. The van der Waals surface area contributed by atoms with Gasteiger partial charge in [0.25, 0.3) is 0 Å². The maximum absolute atomic E-state index is 8.28. The van der Waals surface area contributed by atoms with Gasteiger partial charge in [-0.3, -0.25) is 0 Å². The molecular weight excluding hydrogens is 222 g/mol. The molecule has 0 atom stereocenters. The lowest BCUT2D eigenvalue weighted by atomic mass is 10.1. The molecule has 0 aliphatic rings. The molecule has 0 radical (unpaired) electrons. The van der Waals surface area contributed by atoms with Crippen LogP contribution in [0.5, 0.6) is 0 Å². The van der Waals surface area contributed by atoms with E-state index in [0.29, 0.717) is 10.7 Å². The van der Waals surface area contributed by atoms with Crippen molar-refractivity contribution in [1.29, 1.82) is 0 Å². The normalized spacial score (nSPS) is 9.56. The molecule has 0 amide bonds. The Bertz CT molecular complexity index is 542. The van der Waals surface area contributed by atoms with E-state index in [4.69, 9.17) is 17.1 Å². The summed E-state index contributed by atoms with van der Waals surface area (Å²) >= 11 is 5.91. The van der Waals surface area contributed by atoms with Crippen molar-refractivity contribution in [2.24, 2.45) is 5.11 Å². The van der Waals surface area contributed by atoms with Crippen LogP contribution in [0.4, 0.5) is 5.69 Å². The van der Waals surface area contributed by atoms with Crippen molar-refractivity contribution in [3.63, 3.8) is 0 Å². The molecule has 0 fully saturated rings. The molecule has 16 heavy (non-hydrogen) atoms. The van der Waals surface area contributed by atoms with Crippen molar-refractivity contribution in [1.82, 2.24) is 0 Å². The highest BCUT2D eigenvalue weighted by molar-refractivity contribution is 6.30. The fourth-order valence-electron chi connectivity index (χ4n) is 1.44. The van der Waals surface area contributed by atoms with E-state index in [0.717, 1.165) is 11.1 Å². The van der Waals surface area contributed by atoms with Crippen LogP contribution in [0.25, 0.3) is 21.6 Å². The van der Waals surface area contributed by atoms with Gasteiger partial charge in [-0.25, -0.2) is 0 Å². The maximum atomic E-state index is 8.28. The van der Waals surface area contributed by atoms with Crippen molar-refractivity contribution in [3.8, 4) is 11.1 Å². The Balaban J connectivity index is 2.38. The molecule has 0 saturated carbocycles. The second-order valence-corrected chi connectivity index (χ2v) is 3.68. The quantitative estimate of drug-likeness (QED) is 0.398. The summed E-state index contributed by atoms with van der Waals surface area (Å²) in [7, 11) is 0. The highest BCUT2D eigenvalue weighted by Crippen LogP contribution is 2.24. The van der Waals surface area contributed by atoms with Gasteiger partial charge in [0.2, 0.25) is 0 Å². The summed E-state index contributed by atoms with van der Waals surface area (Å²) in [6.07, 6.45) is 0. The van der Waals surface area contributed by atoms with Gasteiger partial charge in [0.05, 0.1) is 0 Å². The molecule has 0 heterocycles. The zero-order chi connectivity index (χ0) is 11.4. The van der Waals surface area contributed by atoms with Crippen LogP contribution in [-0.2, 0) is 0 Å². The summed E-state index contributed by atoms with van der Waals surface area (Å²) in [5, 5.41) is 4.22. The fraction of sp³-hybridized carbons (Fsp3) is 0. The zero-order valence-electron chi connectivity index (χ0n) is 8.34. The number of azide groups is 1. The average Bonchev–Trinajstić information content (AvgIpc) is 2.30. The van der Waals surface area contributed by atoms with E-state index >= 15 is 0 Å². The van der Waals surface area contributed by atoms with E-state index in [2.05, 4.69) is 10.0 Å². The molecule has 0 aromatic heterocycles. The summed E-state index contributed by atoms with van der Waals surface area (Å²) in [5.74, 6) is 0. The van der Waals surface area contributed by atoms with Crippen LogP contribution >= 0.6 is 11.6 Å².